The molecule has 2 aromatic carbocycles. The van der Waals surface area contributed by atoms with Crippen LogP contribution in [0.2, 0.25) is 0 Å². The minimum atomic E-state index is 0.775. The van der Waals surface area contributed by atoms with E-state index in [4.69, 9.17) is 10.8 Å². The van der Waals surface area contributed by atoms with E-state index in [0.29, 0.717) is 0 Å². The number of hydrogen-bond acceptors (Lipinski definition) is 1. The van der Waals surface area contributed by atoms with Gasteiger partial charge in [-0.1, -0.05) is 30.2 Å². The number of rotatable bonds is 0. The van der Waals surface area contributed by atoms with Crippen molar-refractivity contribution in [2.75, 3.05) is 0 Å². The first-order chi connectivity index (χ1) is 7.40. The van der Waals surface area contributed by atoms with Crippen molar-refractivity contribution in [1.29, 1.82) is 0 Å². The van der Waals surface area contributed by atoms with Gasteiger partial charge in [0.2, 0.25) is 0 Å². The Labute approximate surface area is 87.3 Å². The van der Waals surface area contributed by atoms with Crippen molar-refractivity contribution in [1.82, 2.24) is 0 Å². The topological polar surface area (TPSA) is 13.1 Å². The monoisotopic (exact) mass is 191 g/mol. The number of benzene rings is 2. The van der Waals surface area contributed by atoms with Crippen LogP contribution in [0.15, 0.2) is 46.9 Å². The molecule has 0 bridgehead atoms. The number of furan rings is 1. The second kappa shape index (κ2) is 2.90. The van der Waals surface area contributed by atoms with Crippen LogP contribution >= 0.6 is 0 Å². The Bertz CT molecular complexity index is 683. The van der Waals surface area contributed by atoms with E-state index in [1.165, 1.54) is 0 Å². The minimum Gasteiger partial charge on any atom is -0.456 e. The molecule has 1 radical (unpaired) electrons. The molecule has 1 nitrogen and oxygen atoms in total. The lowest BCUT2D eigenvalue weighted by Gasteiger charge is -1.92. The Morgan fingerprint density at radius 3 is 2.60 bits per heavy atom. The average molecular weight is 191 g/mol. The van der Waals surface area contributed by atoms with E-state index in [0.717, 1.165) is 27.5 Å². The smallest absolute Gasteiger partial charge is 0.136 e. The fraction of sp³-hybridized carbons (Fsp3) is 0. The summed E-state index contributed by atoms with van der Waals surface area (Å²) in [6.07, 6.45) is 7.25. The van der Waals surface area contributed by atoms with Gasteiger partial charge in [-0.3, -0.25) is 0 Å². The van der Waals surface area contributed by atoms with Crippen LogP contribution in [-0.4, -0.2) is 0 Å². The first kappa shape index (κ1) is 8.14. The van der Waals surface area contributed by atoms with Crippen LogP contribution in [0, 0.1) is 12.3 Å². The highest BCUT2D eigenvalue weighted by molar-refractivity contribution is 6.07. The zero-order chi connectivity index (χ0) is 10.3. The molecule has 1 aromatic heterocycles. The maximum absolute atomic E-state index is 7.25. The predicted molar refractivity (Wildman–Crippen MR) is 60.0 cm³/mol. The summed E-state index contributed by atoms with van der Waals surface area (Å²) < 4.78 is 5.67. The van der Waals surface area contributed by atoms with Crippen molar-refractivity contribution in [2.45, 2.75) is 0 Å². The van der Waals surface area contributed by atoms with Gasteiger partial charge in [-0.2, -0.15) is 0 Å². The van der Waals surface area contributed by atoms with Gasteiger partial charge in [0.05, 0.1) is 0 Å². The highest BCUT2D eigenvalue weighted by Crippen LogP contribution is 2.30. The Balaban J connectivity index is 2.64. The quantitative estimate of drug-likeness (QED) is 0.495. The van der Waals surface area contributed by atoms with Crippen molar-refractivity contribution < 1.29 is 4.42 Å². The van der Waals surface area contributed by atoms with Crippen LogP contribution < -0.4 is 0 Å². The van der Waals surface area contributed by atoms with Crippen LogP contribution in [-0.2, 0) is 0 Å². The van der Waals surface area contributed by atoms with E-state index < -0.39 is 0 Å². The molecule has 0 amide bonds. The van der Waals surface area contributed by atoms with Gasteiger partial charge in [-0.05, 0) is 24.6 Å². The molecule has 69 valence electrons. The van der Waals surface area contributed by atoms with Gasteiger partial charge < -0.3 is 4.42 Å². The first-order valence-electron chi connectivity index (χ1n) is 4.73. The van der Waals surface area contributed by atoms with E-state index >= 15 is 0 Å². The second-order valence-electron chi connectivity index (χ2n) is 3.40. The van der Waals surface area contributed by atoms with Gasteiger partial charge in [0.15, 0.2) is 0 Å². The summed E-state index contributed by atoms with van der Waals surface area (Å²) in [6, 6.07) is 13.5. The lowest BCUT2D eigenvalue weighted by atomic mass is 10.1. The molecule has 0 aliphatic rings. The summed E-state index contributed by atoms with van der Waals surface area (Å²) >= 11 is 0. The molecule has 0 aliphatic heterocycles. The average Bonchev–Trinajstić information content (AvgIpc) is 2.67. The second-order valence-corrected chi connectivity index (χ2v) is 3.40. The van der Waals surface area contributed by atoms with E-state index in [9.17, 15) is 0 Å². The minimum absolute atomic E-state index is 0.775. The number of fused-ring (bicyclic) bond motifs is 3. The van der Waals surface area contributed by atoms with Crippen molar-refractivity contribution in [3.8, 4) is 5.92 Å². The fourth-order valence-corrected chi connectivity index (χ4v) is 1.88. The third-order valence-corrected chi connectivity index (χ3v) is 2.54. The molecule has 3 aromatic rings. The van der Waals surface area contributed by atoms with Crippen molar-refractivity contribution in [3.63, 3.8) is 0 Å². The largest absolute Gasteiger partial charge is 0.456 e. The van der Waals surface area contributed by atoms with E-state index in [1.54, 1.807) is 0 Å². The SMILES string of the molecule is [C]#Cc1cccc2oc3ccccc3c12. The lowest BCUT2D eigenvalue weighted by molar-refractivity contribution is 0.669. The molecule has 1 heteroatoms. The van der Waals surface area contributed by atoms with Crippen molar-refractivity contribution >= 4 is 21.9 Å². The molecule has 15 heavy (non-hydrogen) atoms. The Hall–Kier alpha value is -2.20. The highest BCUT2D eigenvalue weighted by Gasteiger charge is 2.08. The summed E-state index contributed by atoms with van der Waals surface area (Å²) in [4.78, 5) is 0. The van der Waals surface area contributed by atoms with Crippen LogP contribution in [0.1, 0.15) is 5.56 Å². The molecule has 0 atom stereocenters. The third-order valence-electron chi connectivity index (χ3n) is 2.54. The molecular formula is C14H7O. The van der Waals surface area contributed by atoms with Crippen LogP contribution in [0.25, 0.3) is 21.9 Å². The molecule has 0 N–H and O–H groups in total. The van der Waals surface area contributed by atoms with Crippen molar-refractivity contribution in [3.05, 3.63) is 54.5 Å². The highest BCUT2D eigenvalue weighted by atomic mass is 16.3. The molecular weight excluding hydrogens is 184 g/mol. The first-order valence-corrected chi connectivity index (χ1v) is 4.73. The van der Waals surface area contributed by atoms with Gasteiger partial charge >= 0.3 is 0 Å². The molecule has 0 aliphatic carbocycles. The summed E-state index contributed by atoms with van der Waals surface area (Å²) in [5.41, 5.74) is 2.45. The molecule has 0 spiro atoms. The van der Waals surface area contributed by atoms with Gasteiger partial charge in [0.1, 0.15) is 11.2 Å². The van der Waals surface area contributed by atoms with E-state index in [2.05, 4.69) is 5.92 Å². The zero-order valence-corrected chi connectivity index (χ0v) is 7.95. The Morgan fingerprint density at radius 2 is 1.73 bits per heavy atom. The summed E-state index contributed by atoms with van der Waals surface area (Å²) in [5.74, 6) is 2.44. The fourth-order valence-electron chi connectivity index (χ4n) is 1.88. The van der Waals surface area contributed by atoms with Gasteiger partial charge in [-0.15, -0.1) is 0 Å². The van der Waals surface area contributed by atoms with Crippen LogP contribution in [0.3, 0.4) is 0 Å². The van der Waals surface area contributed by atoms with Crippen LogP contribution in [0.5, 0.6) is 0 Å². The Morgan fingerprint density at radius 1 is 0.933 bits per heavy atom. The van der Waals surface area contributed by atoms with E-state index in [1.807, 2.05) is 42.5 Å². The lowest BCUT2D eigenvalue weighted by Crippen LogP contribution is -1.74. The summed E-state index contributed by atoms with van der Waals surface area (Å²) in [5, 5.41) is 2.02. The number of para-hydroxylation sites is 1. The summed E-state index contributed by atoms with van der Waals surface area (Å²) in [7, 11) is 0. The normalized spacial score (nSPS) is 10.6. The third kappa shape index (κ3) is 1.05. The predicted octanol–water partition coefficient (Wildman–Crippen LogP) is 3.52. The number of hydrogen-bond donors (Lipinski definition) is 0. The molecule has 0 saturated carbocycles. The zero-order valence-electron chi connectivity index (χ0n) is 7.95. The maximum Gasteiger partial charge on any atom is 0.136 e. The van der Waals surface area contributed by atoms with Gasteiger partial charge in [-0.25, -0.2) is 0 Å². The standard InChI is InChI=1S/C14H7O/c1-2-10-6-5-9-13-14(10)11-7-3-4-8-12(11)15-13/h3-9H. The molecule has 0 fully saturated rings. The summed E-state index contributed by atoms with van der Waals surface area (Å²) in [6.45, 7) is 0. The van der Waals surface area contributed by atoms with Crippen molar-refractivity contribution in [2.24, 2.45) is 0 Å². The van der Waals surface area contributed by atoms with E-state index in [-0.39, 0.29) is 0 Å². The molecule has 0 unspecified atom stereocenters. The van der Waals surface area contributed by atoms with Gasteiger partial charge in [0, 0.05) is 16.3 Å². The van der Waals surface area contributed by atoms with Gasteiger partial charge in [0.25, 0.3) is 0 Å². The molecule has 1 heterocycles. The molecule has 3 rings (SSSR count). The van der Waals surface area contributed by atoms with Crippen LogP contribution in [0.4, 0.5) is 0 Å². The Kier molecular flexibility index (Phi) is 1.57. The molecule has 0 saturated heterocycles. The maximum atomic E-state index is 7.25.